The molecule has 1 saturated heterocycles. The summed E-state index contributed by atoms with van der Waals surface area (Å²) < 4.78 is 0. The first kappa shape index (κ1) is 15.3. The second-order valence-electron chi connectivity index (χ2n) is 5.65. The molecule has 0 aromatic heterocycles. The van der Waals surface area contributed by atoms with Gasteiger partial charge < -0.3 is 15.5 Å². The summed E-state index contributed by atoms with van der Waals surface area (Å²) in [6.45, 7) is 6.97. The lowest BCUT2D eigenvalue weighted by Gasteiger charge is -2.30. The van der Waals surface area contributed by atoms with Crippen LogP contribution < -0.4 is 10.6 Å². The molecule has 0 spiro atoms. The Hall–Kier alpha value is -1.13. The molecule has 0 saturated carbocycles. The first-order valence-electron chi connectivity index (χ1n) is 7.56. The van der Waals surface area contributed by atoms with Gasteiger partial charge in [-0.05, 0) is 62.6 Å². The maximum Gasteiger partial charge on any atom is 0.170 e. The van der Waals surface area contributed by atoms with Crippen molar-refractivity contribution in [1.82, 2.24) is 10.2 Å². The van der Waals surface area contributed by atoms with Gasteiger partial charge in [0, 0.05) is 18.8 Å². The average molecular weight is 291 g/mol. The Morgan fingerprint density at radius 1 is 1.35 bits per heavy atom. The standard InChI is InChI=1S/C16H25N3S/c1-14-7-5-11-19(13-14)12-6-10-17-16(20)18-15-8-3-2-4-9-15/h2-4,8-9,14H,5-7,10-13H2,1H3,(H2,17,18,20). The van der Waals surface area contributed by atoms with E-state index in [9.17, 15) is 0 Å². The number of nitrogens with one attached hydrogen (secondary N) is 2. The first-order chi connectivity index (χ1) is 9.74. The minimum absolute atomic E-state index is 0.711. The maximum absolute atomic E-state index is 5.29. The summed E-state index contributed by atoms with van der Waals surface area (Å²) in [5.74, 6) is 0.859. The number of hydrogen-bond donors (Lipinski definition) is 2. The van der Waals surface area contributed by atoms with Crippen molar-refractivity contribution < 1.29 is 0 Å². The van der Waals surface area contributed by atoms with Gasteiger partial charge in [0.15, 0.2) is 5.11 Å². The Labute approximate surface area is 127 Å². The molecule has 0 bridgehead atoms. The molecule has 1 aromatic rings. The summed E-state index contributed by atoms with van der Waals surface area (Å²) in [6, 6.07) is 10.0. The highest BCUT2D eigenvalue weighted by Crippen LogP contribution is 2.15. The fraction of sp³-hybridized carbons (Fsp3) is 0.562. The van der Waals surface area contributed by atoms with Crippen molar-refractivity contribution in [2.45, 2.75) is 26.2 Å². The molecule has 1 aliphatic heterocycles. The van der Waals surface area contributed by atoms with Crippen molar-refractivity contribution >= 4 is 23.0 Å². The minimum atomic E-state index is 0.711. The monoisotopic (exact) mass is 291 g/mol. The number of nitrogens with zero attached hydrogens (tertiary/aromatic N) is 1. The molecule has 0 radical (unpaired) electrons. The molecule has 1 fully saturated rings. The molecular weight excluding hydrogens is 266 g/mol. The van der Waals surface area contributed by atoms with Crippen molar-refractivity contribution in [3.05, 3.63) is 30.3 Å². The number of piperidine rings is 1. The highest BCUT2D eigenvalue weighted by molar-refractivity contribution is 7.80. The number of rotatable bonds is 5. The van der Waals surface area contributed by atoms with Gasteiger partial charge in [-0.15, -0.1) is 0 Å². The number of para-hydroxylation sites is 1. The van der Waals surface area contributed by atoms with Crippen molar-refractivity contribution in [2.24, 2.45) is 5.92 Å². The van der Waals surface area contributed by atoms with E-state index in [1.54, 1.807) is 0 Å². The molecule has 1 aliphatic rings. The topological polar surface area (TPSA) is 27.3 Å². The Balaban J connectivity index is 1.57. The van der Waals surface area contributed by atoms with Crippen LogP contribution in [-0.2, 0) is 0 Å². The van der Waals surface area contributed by atoms with E-state index in [2.05, 4.69) is 22.5 Å². The van der Waals surface area contributed by atoms with Crippen LogP contribution in [0.4, 0.5) is 5.69 Å². The lowest BCUT2D eigenvalue weighted by atomic mass is 10.0. The molecule has 1 heterocycles. The van der Waals surface area contributed by atoms with E-state index in [0.717, 1.165) is 24.6 Å². The number of likely N-dealkylation sites (tertiary alicyclic amines) is 1. The lowest BCUT2D eigenvalue weighted by Crippen LogP contribution is -2.37. The predicted octanol–water partition coefficient (Wildman–Crippen LogP) is 3.10. The largest absolute Gasteiger partial charge is 0.362 e. The smallest absolute Gasteiger partial charge is 0.170 e. The fourth-order valence-corrected chi connectivity index (χ4v) is 2.91. The van der Waals surface area contributed by atoms with Gasteiger partial charge in [-0.2, -0.15) is 0 Å². The van der Waals surface area contributed by atoms with Crippen LogP contribution in [0.2, 0.25) is 0 Å². The zero-order valence-corrected chi connectivity index (χ0v) is 13.1. The van der Waals surface area contributed by atoms with Crippen LogP contribution in [0.3, 0.4) is 0 Å². The van der Waals surface area contributed by atoms with E-state index in [0.29, 0.717) is 5.11 Å². The van der Waals surface area contributed by atoms with Crippen molar-refractivity contribution in [2.75, 3.05) is 31.5 Å². The third kappa shape index (κ3) is 5.47. The van der Waals surface area contributed by atoms with Crippen LogP contribution in [0, 0.1) is 5.92 Å². The highest BCUT2D eigenvalue weighted by atomic mass is 32.1. The van der Waals surface area contributed by atoms with E-state index in [1.807, 2.05) is 30.3 Å². The molecule has 1 unspecified atom stereocenters. The normalized spacial score (nSPS) is 19.6. The number of anilines is 1. The molecule has 20 heavy (non-hydrogen) atoms. The van der Waals surface area contributed by atoms with Crippen molar-refractivity contribution in [3.8, 4) is 0 Å². The van der Waals surface area contributed by atoms with Gasteiger partial charge in [-0.3, -0.25) is 0 Å². The zero-order chi connectivity index (χ0) is 14.2. The minimum Gasteiger partial charge on any atom is -0.362 e. The summed E-state index contributed by atoms with van der Waals surface area (Å²) in [4.78, 5) is 2.57. The van der Waals surface area contributed by atoms with Crippen molar-refractivity contribution in [3.63, 3.8) is 0 Å². The van der Waals surface area contributed by atoms with Crippen molar-refractivity contribution in [1.29, 1.82) is 0 Å². The summed E-state index contributed by atoms with van der Waals surface area (Å²) in [5.41, 5.74) is 1.04. The summed E-state index contributed by atoms with van der Waals surface area (Å²) in [7, 11) is 0. The number of hydrogen-bond acceptors (Lipinski definition) is 2. The zero-order valence-electron chi connectivity index (χ0n) is 12.3. The predicted molar refractivity (Wildman–Crippen MR) is 90.1 cm³/mol. The van der Waals surface area contributed by atoms with Crippen LogP contribution in [0.15, 0.2) is 30.3 Å². The molecule has 2 N–H and O–H groups in total. The number of thiocarbonyl (C=S) groups is 1. The Morgan fingerprint density at radius 2 is 2.15 bits per heavy atom. The SMILES string of the molecule is CC1CCCN(CCCNC(=S)Nc2ccccc2)C1. The molecule has 0 aliphatic carbocycles. The molecule has 1 aromatic carbocycles. The van der Waals surface area contributed by atoms with Crippen LogP contribution >= 0.6 is 12.2 Å². The van der Waals surface area contributed by atoms with Gasteiger partial charge in [0.25, 0.3) is 0 Å². The van der Waals surface area contributed by atoms with Crippen LogP contribution in [0.1, 0.15) is 26.2 Å². The summed E-state index contributed by atoms with van der Waals surface area (Å²) in [6.07, 6.45) is 3.88. The second-order valence-corrected chi connectivity index (χ2v) is 6.06. The van der Waals surface area contributed by atoms with Gasteiger partial charge in [-0.1, -0.05) is 25.1 Å². The van der Waals surface area contributed by atoms with Gasteiger partial charge in [0.05, 0.1) is 0 Å². The van der Waals surface area contributed by atoms with Gasteiger partial charge in [-0.25, -0.2) is 0 Å². The first-order valence-corrected chi connectivity index (χ1v) is 7.97. The highest BCUT2D eigenvalue weighted by Gasteiger charge is 2.15. The lowest BCUT2D eigenvalue weighted by molar-refractivity contribution is 0.182. The van der Waals surface area contributed by atoms with E-state index >= 15 is 0 Å². The van der Waals surface area contributed by atoms with Gasteiger partial charge >= 0.3 is 0 Å². The average Bonchev–Trinajstić information content (AvgIpc) is 2.45. The number of benzene rings is 1. The second kappa shape index (κ2) is 8.22. The fourth-order valence-electron chi connectivity index (χ4n) is 2.69. The molecule has 110 valence electrons. The third-order valence-corrected chi connectivity index (χ3v) is 3.96. The van der Waals surface area contributed by atoms with Gasteiger partial charge in [0.1, 0.15) is 0 Å². The molecule has 1 atom stereocenters. The summed E-state index contributed by atoms with van der Waals surface area (Å²) in [5, 5.41) is 7.18. The Kier molecular flexibility index (Phi) is 6.27. The molecule has 2 rings (SSSR count). The Morgan fingerprint density at radius 3 is 2.90 bits per heavy atom. The quantitative estimate of drug-likeness (QED) is 0.644. The summed E-state index contributed by atoms with van der Waals surface area (Å²) >= 11 is 5.29. The van der Waals surface area contributed by atoms with Crippen LogP contribution in [-0.4, -0.2) is 36.2 Å². The Bertz CT molecular complexity index is 407. The van der Waals surface area contributed by atoms with Crippen LogP contribution in [0.25, 0.3) is 0 Å². The third-order valence-electron chi connectivity index (χ3n) is 3.71. The maximum atomic E-state index is 5.29. The molecule has 4 heteroatoms. The van der Waals surface area contributed by atoms with E-state index in [1.165, 1.54) is 32.5 Å². The molecule has 0 amide bonds. The van der Waals surface area contributed by atoms with Gasteiger partial charge in [0.2, 0.25) is 0 Å². The molecular formula is C16H25N3S. The molecule has 3 nitrogen and oxygen atoms in total. The van der Waals surface area contributed by atoms with E-state index in [4.69, 9.17) is 12.2 Å². The van der Waals surface area contributed by atoms with Crippen LogP contribution in [0.5, 0.6) is 0 Å². The van der Waals surface area contributed by atoms with E-state index < -0.39 is 0 Å². The van der Waals surface area contributed by atoms with E-state index in [-0.39, 0.29) is 0 Å².